The minimum Gasteiger partial charge on any atom is -0.397 e. The van der Waals surface area contributed by atoms with E-state index in [0.717, 1.165) is 17.9 Å². The zero-order valence-electron chi connectivity index (χ0n) is 11.2. The number of nitrogens with one attached hydrogen (secondary N) is 2. The molecule has 2 rings (SSSR count). The van der Waals surface area contributed by atoms with E-state index in [1.54, 1.807) is 0 Å². The van der Waals surface area contributed by atoms with Crippen LogP contribution in [0.3, 0.4) is 0 Å². The smallest absolute Gasteiger partial charge is 0.0603 e. The predicted molar refractivity (Wildman–Crippen MR) is 77.9 cm³/mol. The first kappa shape index (κ1) is 12.6. The van der Waals surface area contributed by atoms with Gasteiger partial charge in [-0.3, -0.25) is 0 Å². The average Bonchev–Trinajstić information content (AvgIpc) is 2.82. The second kappa shape index (κ2) is 4.77. The molecule has 0 atom stereocenters. The Morgan fingerprint density at radius 2 is 2.06 bits per heavy atom. The number of nitrogens with two attached hydrogens (primary N) is 1. The number of benzene rings is 1. The molecule has 1 aromatic heterocycles. The Morgan fingerprint density at radius 1 is 1.28 bits per heavy atom. The van der Waals surface area contributed by atoms with Crippen molar-refractivity contribution in [1.29, 1.82) is 0 Å². The van der Waals surface area contributed by atoms with Gasteiger partial charge >= 0.3 is 0 Å². The van der Waals surface area contributed by atoms with Gasteiger partial charge in [0, 0.05) is 24.4 Å². The van der Waals surface area contributed by atoms with Crippen LogP contribution in [-0.2, 0) is 5.41 Å². The summed E-state index contributed by atoms with van der Waals surface area (Å²) >= 11 is 0. The van der Waals surface area contributed by atoms with Gasteiger partial charge in [0.05, 0.1) is 11.4 Å². The summed E-state index contributed by atoms with van der Waals surface area (Å²) in [6, 6.07) is 8.09. The summed E-state index contributed by atoms with van der Waals surface area (Å²) in [5.74, 6) is 0. The maximum atomic E-state index is 6.00. The van der Waals surface area contributed by atoms with E-state index in [9.17, 15) is 0 Å². The number of aromatic nitrogens is 1. The van der Waals surface area contributed by atoms with Crippen LogP contribution in [0, 0.1) is 6.92 Å². The Balaban J connectivity index is 2.12. The minimum absolute atomic E-state index is 0.0642. The zero-order valence-corrected chi connectivity index (χ0v) is 11.2. The topological polar surface area (TPSA) is 53.8 Å². The molecule has 0 aliphatic heterocycles. The zero-order chi connectivity index (χ0) is 13.2. The van der Waals surface area contributed by atoms with Gasteiger partial charge in [-0.05, 0) is 30.2 Å². The molecular weight excluding hydrogens is 222 g/mol. The third-order valence-corrected chi connectivity index (χ3v) is 3.39. The van der Waals surface area contributed by atoms with Crippen molar-refractivity contribution in [2.75, 3.05) is 17.6 Å². The van der Waals surface area contributed by atoms with Crippen LogP contribution in [0.1, 0.15) is 25.0 Å². The van der Waals surface area contributed by atoms with Gasteiger partial charge < -0.3 is 16.0 Å². The fourth-order valence-electron chi connectivity index (χ4n) is 2.09. The molecule has 0 saturated heterocycles. The van der Waals surface area contributed by atoms with Crippen molar-refractivity contribution in [2.24, 2.45) is 0 Å². The van der Waals surface area contributed by atoms with E-state index in [1.165, 1.54) is 11.1 Å². The number of anilines is 2. The predicted octanol–water partition coefficient (Wildman–Crippen LogP) is 3.30. The second-order valence-corrected chi connectivity index (χ2v) is 5.38. The summed E-state index contributed by atoms with van der Waals surface area (Å²) in [4.78, 5) is 3.10. The molecule has 4 N–H and O–H groups in total. The first-order valence-electron chi connectivity index (χ1n) is 6.23. The maximum absolute atomic E-state index is 6.00. The molecule has 18 heavy (non-hydrogen) atoms. The van der Waals surface area contributed by atoms with Crippen LogP contribution in [-0.4, -0.2) is 11.5 Å². The standard InChI is InChI=1S/C15H21N3/c1-11-5-4-6-13(16)14(11)18-10-15(2,3)12-7-8-17-9-12/h4-9,17-18H,10,16H2,1-3H3. The Kier molecular flexibility index (Phi) is 3.32. The van der Waals surface area contributed by atoms with E-state index in [2.05, 4.69) is 43.2 Å². The lowest BCUT2D eigenvalue weighted by molar-refractivity contribution is 0.558. The summed E-state index contributed by atoms with van der Waals surface area (Å²) in [5.41, 5.74) is 10.4. The number of hydrogen-bond donors (Lipinski definition) is 3. The number of rotatable bonds is 4. The largest absolute Gasteiger partial charge is 0.397 e. The third kappa shape index (κ3) is 2.50. The maximum Gasteiger partial charge on any atom is 0.0603 e. The molecule has 3 nitrogen and oxygen atoms in total. The van der Waals surface area contributed by atoms with Gasteiger partial charge in [-0.25, -0.2) is 0 Å². The summed E-state index contributed by atoms with van der Waals surface area (Å²) in [5, 5.41) is 3.47. The van der Waals surface area contributed by atoms with Crippen molar-refractivity contribution in [3.63, 3.8) is 0 Å². The highest BCUT2D eigenvalue weighted by molar-refractivity contribution is 5.70. The van der Waals surface area contributed by atoms with E-state index in [4.69, 9.17) is 5.73 Å². The lowest BCUT2D eigenvalue weighted by Crippen LogP contribution is -2.27. The molecule has 0 aliphatic carbocycles. The van der Waals surface area contributed by atoms with Crippen LogP contribution in [0.2, 0.25) is 0 Å². The van der Waals surface area contributed by atoms with Crippen LogP contribution in [0.4, 0.5) is 11.4 Å². The minimum atomic E-state index is 0.0642. The number of hydrogen-bond acceptors (Lipinski definition) is 2. The molecule has 1 heterocycles. The molecule has 1 aromatic carbocycles. The fourth-order valence-corrected chi connectivity index (χ4v) is 2.09. The molecule has 0 unspecified atom stereocenters. The van der Waals surface area contributed by atoms with Gasteiger partial charge in [0.15, 0.2) is 0 Å². The van der Waals surface area contributed by atoms with Crippen molar-refractivity contribution in [1.82, 2.24) is 4.98 Å². The molecule has 0 radical (unpaired) electrons. The van der Waals surface area contributed by atoms with Crippen molar-refractivity contribution in [3.8, 4) is 0 Å². The Bertz CT molecular complexity index is 492. The SMILES string of the molecule is Cc1cccc(N)c1NCC(C)(C)c1cc[nH]c1. The number of aromatic amines is 1. The highest BCUT2D eigenvalue weighted by Gasteiger charge is 2.21. The van der Waals surface area contributed by atoms with Crippen LogP contribution < -0.4 is 11.1 Å². The van der Waals surface area contributed by atoms with E-state index in [0.29, 0.717) is 0 Å². The van der Waals surface area contributed by atoms with Crippen LogP contribution in [0.25, 0.3) is 0 Å². The first-order chi connectivity index (χ1) is 8.50. The van der Waals surface area contributed by atoms with Crippen molar-refractivity contribution < 1.29 is 0 Å². The highest BCUT2D eigenvalue weighted by atomic mass is 14.9. The number of H-pyrrole nitrogens is 1. The molecule has 0 amide bonds. The van der Waals surface area contributed by atoms with E-state index in [-0.39, 0.29) is 5.41 Å². The van der Waals surface area contributed by atoms with Crippen LogP contribution in [0.15, 0.2) is 36.7 Å². The summed E-state index contributed by atoms with van der Waals surface area (Å²) in [7, 11) is 0. The average molecular weight is 243 g/mol. The molecule has 0 saturated carbocycles. The van der Waals surface area contributed by atoms with E-state index >= 15 is 0 Å². The first-order valence-corrected chi connectivity index (χ1v) is 6.23. The normalized spacial score (nSPS) is 11.5. The van der Waals surface area contributed by atoms with Crippen molar-refractivity contribution >= 4 is 11.4 Å². The van der Waals surface area contributed by atoms with Gasteiger partial charge in [-0.15, -0.1) is 0 Å². The molecule has 3 heteroatoms. The number of nitrogen functional groups attached to an aromatic ring is 1. The fraction of sp³-hybridized carbons (Fsp3) is 0.333. The molecule has 96 valence electrons. The quantitative estimate of drug-likeness (QED) is 0.722. The van der Waals surface area contributed by atoms with Gasteiger partial charge in [-0.2, -0.15) is 0 Å². The van der Waals surface area contributed by atoms with Crippen LogP contribution in [0.5, 0.6) is 0 Å². The summed E-state index contributed by atoms with van der Waals surface area (Å²) in [6.45, 7) is 7.36. The van der Waals surface area contributed by atoms with E-state index < -0.39 is 0 Å². The third-order valence-electron chi connectivity index (χ3n) is 3.39. The molecule has 0 spiro atoms. The molecule has 0 fully saturated rings. The molecular formula is C15H21N3. The van der Waals surface area contributed by atoms with Crippen molar-refractivity contribution in [2.45, 2.75) is 26.2 Å². The molecule has 0 bridgehead atoms. The van der Waals surface area contributed by atoms with Gasteiger partial charge in [-0.1, -0.05) is 26.0 Å². The van der Waals surface area contributed by atoms with Gasteiger partial charge in [0.2, 0.25) is 0 Å². The summed E-state index contributed by atoms with van der Waals surface area (Å²) in [6.07, 6.45) is 4.00. The molecule has 2 aromatic rings. The Morgan fingerprint density at radius 3 is 2.67 bits per heavy atom. The number of aryl methyl sites for hydroxylation is 1. The Labute approximate surface area is 108 Å². The van der Waals surface area contributed by atoms with Crippen LogP contribution >= 0.6 is 0 Å². The van der Waals surface area contributed by atoms with Gasteiger partial charge in [0.25, 0.3) is 0 Å². The lowest BCUT2D eigenvalue weighted by Gasteiger charge is -2.25. The Hall–Kier alpha value is -1.90. The summed E-state index contributed by atoms with van der Waals surface area (Å²) < 4.78 is 0. The van der Waals surface area contributed by atoms with Crippen molar-refractivity contribution in [3.05, 3.63) is 47.8 Å². The number of para-hydroxylation sites is 1. The monoisotopic (exact) mass is 243 g/mol. The second-order valence-electron chi connectivity index (χ2n) is 5.38. The highest BCUT2D eigenvalue weighted by Crippen LogP contribution is 2.27. The molecule has 0 aliphatic rings. The lowest BCUT2D eigenvalue weighted by atomic mass is 9.86. The van der Waals surface area contributed by atoms with E-state index in [1.807, 2.05) is 24.5 Å². The van der Waals surface area contributed by atoms with Gasteiger partial charge in [0.1, 0.15) is 0 Å².